The van der Waals surface area contributed by atoms with Gasteiger partial charge in [0, 0.05) is 21.2 Å². The number of hydrogen-bond donors (Lipinski definition) is 2. The van der Waals surface area contributed by atoms with Crippen LogP contribution in [-0.4, -0.2) is 66.4 Å². The first-order chi connectivity index (χ1) is 34.8. The van der Waals surface area contributed by atoms with Gasteiger partial charge in [-0.05, 0) is 108 Å². The Morgan fingerprint density at radius 1 is 0.486 bits per heavy atom. The van der Waals surface area contributed by atoms with Crippen LogP contribution < -0.4 is 9.44 Å². The molecule has 0 aromatic heterocycles. The van der Waals surface area contributed by atoms with Crippen LogP contribution in [0.15, 0.2) is 190 Å². The number of hydrogen-bond acceptors (Lipinski definition) is 8. The van der Waals surface area contributed by atoms with Gasteiger partial charge in [0.25, 0.3) is 0 Å². The van der Waals surface area contributed by atoms with Crippen LogP contribution >= 0.6 is 23.2 Å². The van der Waals surface area contributed by atoms with Gasteiger partial charge in [-0.2, -0.15) is 35.8 Å². The van der Waals surface area contributed by atoms with Gasteiger partial charge in [-0.3, -0.25) is 0 Å². The third kappa shape index (κ3) is 10.6. The first-order valence-corrected chi connectivity index (χ1v) is 25.6. The third-order valence-electron chi connectivity index (χ3n) is 12.0. The number of nitrogens with one attached hydrogen (secondary N) is 2. The van der Waals surface area contributed by atoms with Crippen LogP contribution in [0, 0.1) is 13.8 Å². The van der Waals surface area contributed by atoms with E-state index in [1.807, 2.05) is 9.44 Å². The second kappa shape index (κ2) is 21.2. The Kier molecular flexibility index (Phi) is 15.7. The molecular formula is C54H42Cl2F6N2O8S2. The van der Waals surface area contributed by atoms with Crippen molar-refractivity contribution in [1.82, 2.24) is 9.44 Å². The molecule has 6 aromatic rings. The minimum absolute atomic E-state index is 0.101. The molecule has 0 saturated carbocycles. The Bertz CT molecular complexity index is 3230. The normalized spacial score (nSPS) is 19.0. The fourth-order valence-electron chi connectivity index (χ4n) is 8.38. The number of sulfonamides is 2. The average molecular weight is 1100 g/mol. The van der Waals surface area contributed by atoms with E-state index < -0.39 is 77.7 Å². The van der Waals surface area contributed by atoms with Gasteiger partial charge < -0.3 is 9.47 Å². The quantitative estimate of drug-likeness (QED) is 0.0910. The lowest BCUT2D eigenvalue weighted by Crippen LogP contribution is -2.67. The van der Waals surface area contributed by atoms with Crippen molar-refractivity contribution in [2.75, 3.05) is 14.2 Å². The smallest absolute Gasteiger partial charge is 0.416 e. The van der Waals surface area contributed by atoms with Crippen molar-refractivity contribution in [3.8, 4) is 0 Å². The van der Waals surface area contributed by atoms with E-state index >= 15 is 26.3 Å². The lowest BCUT2D eigenvalue weighted by molar-refractivity contribution is -0.175. The number of carbonyl (C=O) groups is 2. The highest BCUT2D eigenvalue weighted by Gasteiger charge is 2.72. The summed E-state index contributed by atoms with van der Waals surface area (Å²) in [6.07, 6.45) is -8.10. The fraction of sp³-hybridized carbons (Fsp3) is 0.148. The summed E-state index contributed by atoms with van der Waals surface area (Å²) in [7, 11) is -7.66. The van der Waals surface area contributed by atoms with Crippen molar-refractivity contribution in [1.29, 1.82) is 0 Å². The number of methoxy groups -OCH3 is 2. The number of halogens is 8. The average Bonchev–Trinajstić information content (AvgIpc) is 3.35. The summed E-state index contributed by atoms with van der Waals surface area (Å²) in [5.41, 5.74) is -6.96. The molecule has 0 spiro atoms. The standard InChI is InChI=1S/2C27H21ClF3NO4S/c2*1-17-8-14-21(15-9-17)37(34,35)32-26(27(29,30)31)22(16-18-6-4-3-5-7-18)23(24(26)25(33)36-2)19-10-12-20(28)13-11-19/h2*3-16,32H,1-2H3/b2*22-16+/t2*26-/m11/s1. The van der Waals surface area contributed by atoms with Crippen LogP contribution in [0.3, 0.4) is 0 Å². The first kappa shape index (κ1) is 55.0. The number of ether oxygens (including phenoxy) is 2. The molecule has 10 nitrogen and oxygen atoms in total. The molecule has 0 fully saturated rings. The Labute approximate surface area is 432 Å². The molecule has 74 heavy (non-hydrogen) atoms. The molecule has 0 bridgehead atoms. The molecular weight excluding hydrogens is 1050 g/mol. The summed E-state index contributed by atoms with van der Waals surface area (Å²) < 4.78 is 157. The van der Waals surface area contributed by atoms with E-state index in [-0.39, 0.29) is 32.1 Å². The van der Waals surface area contributed by atoms with Crippen molar-refractivity contribution >= 4 is 78.5 Å². The van der Waals surface area contributed by atoms with Gasteiger partial charge in [0.05, 0.1) is 35.2 Å². The zero-order valence-electron chi connectivity index (χ0n) is 39.3. The van der Waals surface area contributed by atoms with E-state index in [0.717, 1.165) is 25.3 Å². The van der Waals surface area contributed by atoms with Crippen molar-refractivity contribution in [2.24, 2.45) is 0 Å². The first-order valence-electron chi connectivity index (χ1n) is 21.9. The number of rotatable bonds is 12. The molecule has 0 amide bonds. The maximum absolute atomic E-state index is 15.1. The number of benzene rings is 6. The van der Waals surface area contributed by atoms with E-state index in [2.05, 4.69) is 0 Å². The summed E-state index contributed by atoms with van der Waals surface area (Å²) in [4.78, 5) is 25.0. The molecule has 2 aliphatic rings. The Balaban J connectivity index is 0.000000216. The summed E-state index contributed by atoms with van der Waals surface area (Å²) in [6.45, 7) is 3.42. The van der Waals surface area contributed by atoms with Crippen molar-refractivity contribution in [2.45, 2.75) is 47.1 Å². The van der Waals surface area contributed by atoms with Crippen LogP contribution in [0.1, 0.15) is 33.4 Å². The van der Waals surface area contributed by atoms with E-state index in [1.54, 1.807) is 74.5 Å². The van der Waals surface area contributed by atoms with Gasteiger partial charge in [-0.1, -0.05) is 144 Å². The summed E-state index contributed by atoms with van der Waals surface area (Å²) in [5, 5.41) is 0.665. The lowest BCUT2D eigenvalue weighted by atomic mass is 9.63. The number of carbonyl (C=O) groups excluding carboxylic acids is 2. The van der Waals surface area contributed by atoms with Gasteiger partial charge >= 0.3 is 24.3 Å². The van der Waals surface area contributed by atoms with E-state index in [1.165, 1.54) is 109 Å². The molecule has 0 saturated heterocycles. The summed E-state index contributed by atoms with van der Waals surface area (Å²) in [6, 6.07) is 38.5. The molecule has 0 heterocycles. The van der Waals surface area contributed by atoms with E-state index in [9.17, 15) is 26.4 Å². The van der Waals surface area contributed by atoms with Gasteiger partial charge in [0.1, 0.15) is 0 Å². The van der Waals surface area contributed by atoms with Gasteiger partial charge in [0.2, 0.25) is 20.0 Å². The highest BCUT2D eigenvalue weighted by Crippen LogP contribution is 2.60. The summed E-state index contributed by atoms with van der Waals surface area (Å²) in [5.74, 6) is -2.64. The largest absolute Gasteiger partial charge is 0.466 e. The molecule has 384 valence electrons. The number of esters is 2. The summed E-state index contributed by atoms with van der Waals surface area (Å²) >= 11 is 11.9. The molecule has 0 radical (unpaired) electrons. The Hall–Kier alpha value is -6.80. The maximum atomic E-state index is 15.1. The Morgan fingerprint density at radius 2 is 0.784 bits per heavy atom. The van der Waals surface area contributed by atoms with Crippen LogP contribution in [0.2, 0.25) is 10.0 Å². The zero-order valence-corrected chi connectivity index (χ0v) is 42.4. The molecule has 8 rings (SSSR count). The molecule has 20 heteroatoms. The van der Waals surface area contributed by atoms with Crippen LogP contribution in [0.25, 0.3) is 23.3 Å². The minimum atomic E-state index is -5.26. The molecule has 2 N–H and O–H groups in total. The molecule has 2 atom stereocenters. The number of alkyl halides is 6. The van der Waals surface area contributed by atoms with Crippen LogP contribution in [0.4, 0.5) is 26.3 Å². The Morgan fingerprint density at radius 3 is 1.05 bits per heavy atom. The van der Waals surface area contributed by atoms with Crippen molar-refractivity contribution < 1.29 is 62.2 Å². The third-order valence-corrected chi connectivity index (χ3v) is 15.4. The topological polar surface area (TPSA) is 145 Å². The van der Waals surface area contributed by atoms with Gasteiger partial charge in [-0.25, -0.2) is 26.4 Å². The van der Waals surface area contributed by atoms with Crippen molar-refractivity contribution in [3.05, 3.63) is 223 Å². The SMILES string of the molecule is COC(=O)C1=C(c2ccc(Cl)cc2)/C(=C\c2ccccc2)[C@]1(NS(=O)(=O)c1ccc(C)cc1)C(F)(F)F.COC(=O)C1=C(c2ccc(Cl)cc2)/C(=C\c2ccccc2)[C@]1(NS(=O)(=O)c1ccc(C)cc1)C(F)(F)F. The monoisotopic (exact) mass is 1090 g/mol. The van der Waals surface area contributed by atoms with Crippen LogP contribution in [-0.2, 0) is 39.1 Å². The molecule has 6 aromatic carbocycles. The van der Waals surface area contributed by atoms with Crippen LogP contribution in [0.5, 0.6) is 0 Å². The molecule has 0 unspecified atom stereocenters. The zero-order chi connectivity index (χ0) is 54.0. The highest BCUT2D eigenvalue weighted by atomic mass is 35.5. The number of aryl methyl sites for hydroxylation is 2. The highest BCUT2D eigenvalue weighted by molar-refractivity contribution is 7.89. The molecule has 0 aliphatic heterocycles. The molecule has 2 aliphatic carbocycles. The fourth-order valence-corrected chi connectivity index (χ4v) is 11.3. The van der Waals surface area contributed by atoms with E-state index in [0.29, 0.717) is 21.2 Å². The minimum Gasteiger partial charge on any atom is -0.466 e. The van der Waals surface area contributed by atoms with Crippen molar-refractivity contribution in [3.63, 3.8) is 0 Å². The van der Waals surface area contributed by atoms with E-state index in [4.69, 9.17) is 32.7 Å². The maximum Gasteiger partial charge on any atom is 0.416 e. The lowest BCUT2D eigenvalue weighted by Gasteiger charge is -2.48. The second-order valence-electron chi connectivity index (χ2n) is 16.8. The predicted molar refractivity (Wildman–Crippen MR) is 270 cm³/mol. The second-order valence-corrected chi connectivity index (χ2v) is 21.0. The van der Waals surface area contributed by atoms with Gasteiger partial charge in [-0.15, -0.1) is 0 Å². The van der Waals surface area contributed by atoms with Gasteiger partial charge in [0.15, 0.2) is 11.1 Å². The predicted octanol–water partition coefficient (Wildman–Crippen LogP) is 11.9.